The van der Waals surface area contributed by atoms with E-state index in [1.165, 1.54) is 24.8 Å². The van der Waals surface area contributed by atoms with Gasteiger partial charge in [0, 0.05) is 29.6 Å². The molecule has 0 unspecified atom stereocenters. The van der Waals surface area contributed by atoms with E-state index in [0.717, 1.165) is 48.3 Å². The van der Waals surface area contributed by atoms with Crippen molar-refractivity contribution in [3.8, 4) is 0 Å². The highest BCUT2D eigenvalue weighted by molar-refractivity contribution is 5.86. The Bertz CT molecular complexity index is 1230. The highest BCUT2D eigenvalue weighted by atomic mass is 15.2. The minimum absolute atomic E-state index is 0.405. The first-order valence-electron chi connectivity index (χ1n) is 11.6. The number of nitrogen functional groups attached to an aromatic ring is 2. The molecule has 0 atom stereocenters. The lowest BCUT2D eigenvalue weighted by Crippen LogP contribution is -2.23. The molecule has 0 bridgehead atoms. The van der Waals surface area contributed by atoms with Crippen LogP contribution in [0, 0.1) is 0 Å². The summed E-state index contributed by atoms with van der Waals surface area (Å²) in [6.45, 7) is 0.762. The number of nitrogens with one attached hydrogen (secondary N) is 2. The summed E-state index contributed by atoms with van der Waals surface area (Å²) in [5, 5.41) is 6.96. The maximum absolute atomic E-state index is 5.97. The lowest BCUT2D eigenvalue weighted by Gasteiger charge is -2.23. The molecule has 6 N–H and O–H groups in total. The van der Waals surface area contributed by atoms with Gasteiger partial charge in [-0.25, -0.2) is 4.98 Å². The molecule has 1 aliphatic rings. The molecule has 2 heterocycles. The third kappa shape index (κ3) is 5.00. The molecular weight excluding hydrogens is 412 g/mol. The number of rotatable bonds is 7. The van der Waals surface area contributed by atoms with Gasteiger partial charge in [-0.3, -0.25) is 0 Å². The van der Waals surface area contributed by atoms with Crippen LogP contribution in [0.3, 0.4) is 0 Å². The Hall–Kier alpha value is -3.81. The third-order valence-corrected chi connectivity index (χ3v) is 6.17. The van der Waals surface area contributed by atoms with Crippen LogP contribution in [0.4, 0.5) is 28.8 Å². The lowest BCUT2D eigenvalue weighted by molar-refractivity contribution is 0.461. The monoisotopic (exact) mass is 442 g/mol. The number of imidazole rings is 1. The van der Waals surface area contributed by atoms with Crippen molar-refractivity contribution >= 4 is 40.0 Å². The number of hydrogen-bond donors (Lipinski definition) is 4. The minimum Gasteiger partial charge on any atom is -0.399 e. The molecule has 33 heavy (non-hydrogen) atoms. The van der Waals surface area contributed by atoms with Gasteiger partial charge >= 0.3 is 0 Å². The van der Waals surface area contributed by atoms with E-state index in [9.17, 15) is 0 Å². The zero-order chi connectivity index (χ0) is 22.6. The number of aromatic nitrogens is 4. The maximum Gasteiger partial charge on any atom is 0.227 e. The van der Waals surface area contributed by atoms with Crippen molar-refractivity contribution in [3.05, 3.63) is 60.4 Å². The molecule has 1 aliphatic carbocycles. The van der Waals surface area contributed by atoms with Gasteiger partial charge in [-0.05, 0) is 55.2 Å². The summed E-state index contributed by atoms with van der Waals surface area (Å²) < 4.78 is 2.09. The van der Waals surface area contributed by atoms with Gasteiger partial charge in [0.1, 0.15) is 0 Å². The molecule has 0 aliphatic heterocycles. The Kier molecular flexibility index (Phi) is 5.97. The predicted octanol–water partition coefficient (Wildman–Crippen LogP) is 4.72. The fraction of sp³-hybridized carbons (Fsp3) is 0.320. The number of fused-ring (bicyclic) bond motifs is 1. The molecule has 2 aromatic heterocycles. The lowest BCUT2D eigenvalue weighted by atomic mass is 9.96. The Morgan fingerprint density at radius 1 is 0.939 bits per heavy atom. The van der Waals surface area contributed by atoms with Crippen LogP contribution in [0.2, 0.25) is 0 Å². The molecule has 0 spiro atoms. The van der Waals surface area contributed by atoms with Crippen molar-refractivity contribution in [2.75, 3.05) is 22.1 Å². The molecule has 1 fully saturated rings. The second kappa shape index (κ2) is 9.36. The minimum atomic E-state index is 0.405. The van der Waals surface area contributed by atoms with Gasteiger partial charge < -0.3 is 26.7 Å². The molecule has 4 aromatic rings. The van der Waals surface area contributed by atoms with Gasteiger partial charge in [0.25, 0.3) is 0 Å². The second-order valence-corrected chi connectivity index (χ2v) is 8.73. The van der Waals surface area contributed by atoms with Crippen LogP contribution in [0.25, 0.3) is 11.2 Å². The average molecular weight is 443 g/mol. The molecule has 5 rings (SSSR count). The highest BCUT2D eigenvalue weighted by Gasteiger charge is 2.18. The molecule has 8 heteroatoms. The van der Waals surface area contributed by atoms with Gasteiger partial charge in [-0.15, -0.1) is 0 Å². The zero-order valence-electron chi connectivity index (χ0n) is 18.7. The predicted molar refractivity (Wildman–Crippen MR) is 135 cm³/mol. The molecule has 2 aromatic carbocycles. The first-order chi connectivity index (χ1) is 16.1. The number of nitrogens with zero attached hydrogens (tertiary/aromatic N) is 4. The van der Waals surface area contributed by atoms with E-state index < -0.39 is 0 Å². The van der Waals surface area contributed by atoms with E-state index in [2.05, 4.69) is 32.3 Å². The summed E-state index contributed by atoms with van der Waals surface area (Å²) in [6, 6.07) is 16.0. The van der Waals surface area contributed by atoms with E-state index in [4.69, 9.17) is 21.4 Å². The zero-order valence-corrected chi connectivity index (χ0v) is 18.7. The number of hydrogen-bond acceptors (Lipinski definition) is 7. The summed E-state index contributed by atoms with van der Waals surface area (Å²) >= 11 is 0. The van der Waals surface area contributed by atoms with E-state index >= 15 is 0 Å². The number of aryl methyl sites for hydroxylation is 2. The summed E-state index contributed by atoms with van der Waals surface area (Å²) in [5.41, 5.74) is 16.9. The van der Waals surface area contributed by atoms with Gasteiger partial charge in [-0.1, -0.05) is 37.5 Å². The average Bonchev–Trinajstić information content (AvgIpc) is 3.23. The van der Waals surface area contributed by atoms with Crippen LogP contribution in [0.1, 0.15) is 37.7 Å². The van der Waals surface area contributed by atoms with Gasteiger partial charge in [0.2, 0.25) is 5.95 Å². The Morgan fingerprint density at radius 3 is 2.55 bits per heavy atom. The Balaban J connectivity index is 1.46. The normalized spacial score (nSPS) is 14.4. The molecule has 1 saturated carbocycles. The third-order valence-electron chi connectivity index (χ3n) is 6.17. The molecule has 170 valence electrons. The molecule has 0 radical (unpaired) electrons. The topological polar surface area (TPSA) is 120 Å². The quantitative estimate of drug-likeness (QED) is 0.306. The fourth-order valence-corrected chi connectivity index (χ4v) is 4.38. The van der Waals surface area contributed by atoms with E-state index in [-0.39, 0.29) is 0 Å². The van der Waals surface area contributed by atoms with Crippen LogP contribution < -0.4 is 22.1 Å². The van der Waals surface area contributed by atoms with Crippen LogP contribution in [0.15, 0.2) is 54.9 Å². The van der Waals surface area contributed by atoms with Crippen LogP contribution in [-0.2, 0) is 13.0 Å². The van der Waals surface area contributed by atoms with Crippen LogP contribution in [-0.4, -0.2) is 25.6 Å². The standard InChI is InChI=1S/C25H30N8/c26-18-11-9-17(10-12-18)13-14-33-16-28-22-23(29-21-8-4-5-19(27)15-21)31-25(32-24(22)33)30-20-6-2-1-3-7-20/h4-5,8-12,15-16,20H,1-3,6-7,13-14,26-27H2,(H2,29,30,31,32). The number of nitrogens with two attached hydrogens (primary N) is 2. The van der Waals surface area contributed by atoms with Crippen molar-refractivity contribution in [1.82, 2.24) is 19.5 Å². The van der Waals surface area contributed by atoms with Crippen LogP contribution >= 0.6 is 0 Å². The number of anilines is 5. The van der Waals surface area contributed by atoms with Crippen molar-refractivity contribution in [2.24, 2.45) is 0 Å². The van der Waals surface area contributed by atoms with Gasteiger partial charge in [0.05, 0.1) is 6.33 Å². The Morgan fingerprint density at radius 2 is 1.76 bits per heavy atom. The number of benzene rings is 2. The first kappa shape index (κ1) is 21.1. The molecule has 0 saturated heterocycles. The van der Waals surface area contributed by atoms with Gasteiger partial charge in [-0.2, -0.15) is 9.97 Å². The van der Waals surface area contributed by atoms with Crippen molar-refractivity contribution < 1.29 is 0 Å². The molecule has 0 amide bonds. The van der Waals surface area contributed by atoms with E-state index in [0.29, 0.717) is 23.5 Å². The van der Waals surface area contributed by atoms with Crippen molar-refractivity contribution in [2.45, 2.75) is 51.1 Å². The van der Waals surface area contributed by atoms with Crippen molar-refractivity contribution in [3.63, 3.8) is 0 Å². The SMILES string of the molecule is Nc1ccc(CCn2cnc3c(Nc4cccc(N)c4)nc(NC4CCCCC4)nc32)cc1. The molecular formula is C25H30N8. The maximum atomic E-state index is 5.97. The summed E-state index contributed by atoms with van der Waals surface area (Å²) in [4.78, 5) is 14.3. The second-order valence-electron chi connectivity index (χ2n) is 8.73. The van der Waals surface area contributed by atoms with Gasteiger partial charge in [0.15, 0.2) is 17.0 Å². The summed E-state index contributed by atoms with van der Waals surface area (Å²) in [6.07, 6.45) is 8.79. The molecule has 8 nitrogen and oxygen atoms in total. The summed E-state index contributed by atoms with van der Waals surface area (Å²) in [5.74, 6) is 1.31. The Labute approximate surface area is 193 Å². The van der Waals surface area contributed by atoms with E-state index in [1.54, 1.807) is 0 Å². The smallest absolute Gasteiger partial charge is 0.227 e. The largest absolute Gasteiger partial charge is 0.399 e. The first-order valence-corrected chi connectivity index (χ1v) is 11.6. The highest BCUT2D eigenvalue weighted by Crippen LogP contribution is 2.27. The van der Waals surface area contributed by atoms with Crippen LogP contribution in [0.5, 0.6) is 0 Å². The fourth-order valence-electron chi connectivity index (χ4n) is 4.38. The summed E-state index contributed by atoms with van der Waals surface area (Å²) in [7, 11) is 0. The van der Waals surface area contributed by atoms with E-state index in [1.807, 2.05) is 42.7 Å². The van der Waals surface area contributed by atoms with Crippen molar-refractivity contribution in [1.29, 1.82) is 0 Å².